The molecule has 4 nitrogen and oxygen atoms in total. The molecule has 0 spiro atoms. The van der Waals surface area contributed by atoms with E-state index >= 15 is 0 Å². The summed E-state index contributed by atoms with van der Waals surface area (Å²) < 4.78 is 16.4. The number of nitrogens with zero attached hydrogens (tertiary/aromatic N) is 1. The highest BCUT2D eigenvalue weighted by Crippen LogP contribution is 2.30. The minimum Gasteiger partial charge on any atom is -0.377 e. The molecule has 1 unspecified atom stereocenters. The number of rotatable bonds is 7. The van der Waals surface area contributed by atoms with Crippen LogP contribution in [0.4, 0.5) is 0 Å². The Labute approximate surface area is 103 Å². The monoisotopic (exact) mass is 263 g/mol. The molecule has 0 aromatic heterocycles. The second-order valence-electron chi connectivity index (χ2n) is 3.78. The summed E-state index contributed by atoms with van der Waals surface area (Å²) in [5, 5.41) is 1.26. The van der Waals surface area contributed by atoms with Crippen molar-refractivity contribution in [2.24, 2.45) is 4.99 Å². The van der Waals surface area contributed by atoms with E-state index in [9.17, 15) is 0 Å². The van der Waals surface area contributed by atoms with Crippen molar-refractivity contribution in [2.75, 3.05) is 33.6 Å². The highest BCUT2D eigenvalue weighted by Gasteiger charge is 2.44. The van der Waals surface area contributed by atoms with Crippen molar-refractivity contribution in [3.63, 3.8) is 0 Å². The number of thioether (sulfide) groups is 1. The Balaban J connectivity index is 2.45. The summed E-state index contributed by atoms with van der Waals surface area (Å²) in [5.41, 5.74) is 0.302. The Kier molecular flexibility index (Phi) is 5.99. The topological polar surface area (TPSA) is 40.0 Å². The molecular weight excluding hydrogens is 242 g/mol. The molecule has 1 heterocycles. The number of hydrogen-bond donors (Lipinski definition) is 0. The summed E-state index contributed by atoms with van der Waals surface area (Å²) in [7, 11) is 2.54. The molecule has 0 aromatic carbocycles. The molecule has 0 bridgehead atoms. The van der Waals surface area contributed by atoms with Gasteiger partial charge in [-0.2, -0.15) is 0 Å². The highest BCUT2D eigenvalue weighted by atomic mass is 32.2. The zero-order valence-corrected chi connectivity index (χ0v) is 12.3. The molecule has 0 saturated carbocycles. The van der Waals surface area contributed by atoms with Crippen molar-refractivity contribution < 1.29 is 13.3 Å². The quantitative estimate of drug-likeness (QED) is 0.660. The summed E-state index contributed by atoms with van der Waals surface area (Å²) >= 11 is 1.86. The van der Waals surface area contributed by atoms with Gasteiger partial charge in [-0.3, -0.25) is 4.99 Å². The molecule has 0 fully saturated rings. The van der Waals surface area contributed by atoms with E-state index in [0.29, 0.717) is 5.54 Å². The number of hydrogen-bond acceptors (Lipinski definition) is 5. The molecular formula is C10H21NO3SSi. The molecule has 0 aromatic rings. The first kappa shape index (κ1) is 14.2. The lowest BCUT2D eigenvalue weighted by atomic mass is 10.2. The van der Waals surface area contributed by atoms with Gasteiger partial charge in [0.05, 0.1) is 5.04 Å². The highest BCUT2D eigenvalue weighted by molar-refractivity contribution is 8.14. The Morgan fingerprint density at radius 2 is 1.94 bits per heavy atom. The van der Waals surface area contributed by atoms with Crippen molar-refractivity contribution >= 4 is 25.6 Å². The average molecular weight is 263 g/mol. The first-order valence-electron chi connectivity index (χ1n) is 5.50. The maximum absolute atomic E-state index is 5.46. The molecule has 1 atom stereocenters. The van der Waals surface area contributed by atoms with Crippen molar-refractivity contribution in [1.82, 2.24) is 0 Å². The molecule has 0 aliphatic carbocycles. The van der Waals surface area contributed by atoms with Crippen LogP contribution in [0.2, 0.25) is 5.54 Å². The molecule has 0 radical (unpaired) electrons. The first-order chi connectivity index (χ1) is 7.68. The average Bonchev–Trinajstić information content (AvgIpc) is 2.82. The van der Waals surface area contributed by atoms with Crippen LogP contribution in [0.1, 0.15) is 19.8 Å². The summed E-state index contributed by atoms with van der Waals surface area (Å²) in [6.45, 7) is 3.10. The van der Waals surface area contributed by atoms with Gasteiger partial charge < -0.3 is 13.3 Å². The van der Waals surface area contributed by atoms with Gasteiger partial charge in [0.25, 0.3) is 0 Å². The smallest absolute Gasteiger partial charge is 0.377 e. The van der Waals surface area contributed by atoms with Gasteiger partial charge in [-0.1, -0.05) is 6.92 Å². The lowest BCUT2D eigenvalue weighted by Gasteiger charge is -2.30. The SMILES string of the molecule is CO[Si](OC)(OC)C(C)CCC1=NCCS1. The largest absolute Gasteiger partial charge is 0.503 e. The third-order valence-corrected chi connectivity index (χ3v) is 7.15. The summed E-state index contributed by atoms with van der Waals surface area (Å²) in [6.07, 6.45) is 2.02. The van der Waals surface area contributed by atoms with Gasteiger partial charge in [-0.05, 0) is 12.8 Å². The molecule has 0 amide bonds. The van der Waals surface area contributed by atoms with Crippen molar-refractivity contribution in [3.8, 4) is 0 Å². The van der Waals surface area contributed by atoms with Gasteiger partial charge in [0.1, 0.15) is 0 Å². The zero-order valence-electron chi connectivity index (χ0n) is 10.5. The first-order valence-corrected chi connectivity index (χ1v) is 8.29. The third-order valence-electron chi connectivity index (χ3n) is 2.90. The van der Waals surface area contributed by atoms with E-state index in [0.717, 1.165) is 25.1 Å². The van der Waals surface area contributed by atoms with Crippen molar-refractivity contribution in [2.45, 2.75) is 25.3 Å². The summed E-state index contributed by atoms with van der Waals surface area (Å²) in [4.78, 5) is 4.44. The minimum atomic E-state index is -2.46. The van der Waals surface area contributed by atoms with Gasteiger partial charge in [0.2, 0.25) is 0 Å². The molecule has 1 aliphatic heterocycles. The molecule has 94 valence electrons. The fourth-order valence-electron chi connectivity index (χ4n) is 1.90. The predicted molar refractivity (Wildman–Crippen MR) is 70.2 cm³/mol. The molecule has 0 saturated heterocycles. The van der Waals surface area contributed by atoms with Crippen LogP contribution in [0.3, 0.4) is 0 Å². The van der Waals surface area contributed by atoms with E-state index in [1.54, 1.807) is 21.3 Å². The second-order valence-corrected chi connectivity index (χ2v) is 8.37. The van der Waals surface area contributed by atoms with E-state index < -0.39 is 8.80 Å². The maximum Gasteiger partial charge on any atom is 0.503 e. The van der Waals surface area contributed by atoms with Gasteiger partial charge in [0, 0.05) is 39.2 Å². The van der Waals surface area contributed by atoms with E-state index in [1.165, 1.54) is 5.04 Å². The van der Waals surface area contributed by atoms with Crippen LogP contribution < -0.4 is 0 Å². The van der Waals surface area contributed by atoms with Crippen LogP contribution in [-0.4, -0.2) is 47.5 Å². The Hall–Kier alpha value is 0.117. The Morgan fingerprint density at radius 1 is 1.31 bits per heavy atom. The van der Waals surface area contributed by atoms with E-state index in [4.69, 9.17) is 13.3 Å². The zero-order chi connectivity index (χ0) is 12.0. The second kappa shape index (κ2) is 6.76. The predicted octanol–water partition coefficient (Wildman–Crippen LogP) is 2.18. The van der Waals surface area contributed by atoms with E-state index in [-0.39, 0.29) is 0 Å². The summed E-state index contributed by atoms with van der Waals surface area (Å²) in [6, 6.07) is 0. The van der Waals surface area contributed by atoms with Crippen LogP contribution >= 0.6 is 11.8 Å². The van der Waals surface area contributed by atoms with Gasteiger partial charge in [-0.25, -0.2) is 0 Å². The lowest BCUT2D eigenvalue weighted by Crippen LogP contribution is -2.46. The van der Waals surface area contributed by atoms with Gasteiger partial charge in [-0.15, -0.1) is 11.8 Å². The Bertz CT molecular complexity index is 238. The standard InChI is InChI=1S/C10H21NO3SSi/c1-9(16(12-2,13-3)14-4)5-6-10-11-7-8-15-10/h9H,5-8H2,1-4H3. The van der Waals surface area contributed by atoms with Crippen molar-refractivity contribution in [1.29, 1.82) is 0 Å². The van der Waals surface area contributed by atoms with Crippen LogP contribution in [0.5, 0.6) is 0 Å². The van der Waals surface area contributed by atoms with E-state index in [2.05, 4.69) is 11.9 Å². The van der Waals surface area contributed by atoms with Crippen LogP contribution in [0.25, 0.3) is 0 Å². The van der Waals surface area contributed by atoms with Crippen LogP contribution in [0.15, 0.2) is 4.99 Å². The fourth-order valence-corrected chi connectivity index (χ4v) is 4.97. The van der Waals surface area contributed by atoms with Crippen molar-refractivity contribution in [3.05, 3.63) is 0 Å². The molecule has 16 heavy (non-hydrogen) atoms. The maximum atomic E-state index is 5.46. The van der Waals surface area contributed by atoms with Gasteiger partial charge in [0.15, 0.2) is 0 Å². The molecule has 0 N–H and O–H groups in total. The van der Waals surface area contributed by atoms with E-state index in [1.807, 2.05) is 11.8 Å². The minimum absolute atomic E-state index is 0.302. The Morgan fingerprint density at radius 3 is 2.38 bits per heavy atom. The van der Waals surface area contributed by atoms with Crippen LogP contribution in [0, 0.1) is 0 Å². The summed E-state index contributed by atoms with van der Waals surface area (Å²) in [5.74, 6) is 1.13. The molecule has 1 rings (SSSR count). The fraction of sp³-hybridized carbons (Fsp3) is 0.900. The lowest BCUT2D eigenvalue weighted by molar-refractivity contribution is 0.112. The molecule has 6 heteroatoms. The molecule has 1 aliphatic rings. The van der Waals surface area contributed by atoms with Gasteiger partial charge >= 0.3 is 8.80 Å². The normalized spacial score (nSPS) is 18.6. The van der Waals surface area contributed by atoms with Crippen LogP contribution in [-0.2, 0) is 13.3 Å². The number of aliphatic imine (C=N–C) groups is 1. The third kappa shape index (κ3) is 3.30.